The van der Waals surface area contributed by atoms with Crippen LogP contribution in [0.2, 0.25) is 0 Å². The molecule has 2 aromatic carbocycles. The predicted octanol–water partition coefficient (Wildman–Crippen LogP) is 3.31. The molecule has 0 spiro atoms. The first-order chi connectivity index (χ1) is 9.61. The highest BCUT2D eigenvalue weighted by molar-refractivity contribution is 5.96. The third-order valence-corrected chi connectivity index (χ3v) is 3.42. The first-order valence-corrected chi connectivity index (χ1v) is 6.85. The molecule has 0 aliphatic carbocycles. The number of rotatable bonds is 5. The smallest absolute Gasteiger partial charge is 0.123 e. The maximum atomic E-state index is 7.68. The number of amidine groups is 1. The van der Waals surface area contributed by atoms with Gasteiger partial charge in [0.25, 0.3) is 0 Å². The molecule has 0 saturated carbocycles. The third-order valence-electron chi connectivity index (χ3n) is 3.42. The van der Waals surface area contributed by atoms with Gasteiger partial charge in [-0.3, -0.25) is 5.41 Å². The zero-order valence-electron chi connectivity index (χ0n) is 12.1. The van der Waals surface area contributed by atoms with Crippen LogP contribution in [0.15, 0.2) is 48.5 Å². The summed E-state index contributed by atoms with van der Waals surface area (Å²) in [7, 11) is 0. The van der Waals surface area contributed by atoms with E-state index in [-0.39, 0.29) is 5.84 Å². The van der Waals surface area contributed by atoms with Gasteiger partial charge in [-0.25, -0.2) is 0 Å². The van der Waals surface area contributed by atoms with Crippen molar-refractivity contribution < 1.29 is 0 Å². The number of benzene rings is 2. The van der Waals surface area contributed by atoms with E-state index >= 15 is 0 Å². The molecule has 0 bridgehead atoms. The molecule has 3 nitrogen and oxygen atoms in total. The van der Waals surface area contributed by atoms with Gasteiger partial charge >= 0.3 is 0 Å². The topological polar surface area (TPSA) is 53.1 Å². The van der Waals surface area contributed by atoms with Crippen LogP contribution in [0.25, 0.3) is 0 Å². The van der Waals surface area contributed by atoms with Gasteiger partial charge in [-0.05, 0) is 37.1 Å². The van der Waals surface area contributed by atoms with Crippen LogP contribution in [0, 0.1) is 12.3 Å². The van der Waals surface area contributed by atoms with Crippen LogP contribution in [-0.4, -0.2) is 12.4 Å². The van der Waals surface area contributed by atoms with Crippen LogP contribution in [0.1, 0.15) is 23.6 Å². The van der Waals surface area contributed by atoms with Crippen molar-refractivity contribution in [2.75, 3.05) is 11.4 Å². The van der Waals surface area contributed by atoms with Gasteiger partial charge in [-0.2, -0.15) is 0 Å². The van der Waals surface area contributed by atoms with E-state index in [2.05, 4.69) is 43.0 Å². The molecular formula is C17H21N3. The molecule has 3 N–H and O–H groups in total. The van der Waals surface area contributed by atoms with Crippen LogP contribution >= 0.6 is 0 Å². The highest BCUT2D eigenvalue weighted by Crippen LogP contribution is 2.20. The summed E-state index contributed by atoms with van der Waals surface area (Å²) < 4.78 is 0. The van der Waals surface area contributed by atoms with Gasteiger partial charge in [0, 0.05) is 24.3 Å². The summed E-state index contributed by atoms with van der Waals surface area (Å²) in [6.07, 6.45) is 0. The van der Waals surface area contributed by atoms with Crippen LogP contribution in [0.3, 0.4) is 0 Å². The summed E-state index contributed by atoms with van der Waals surface area (Å²) in [5, 5.41) is 7.68. The Kier molecular flexibility index (Phi) is 4.41. The molecule has 0 heterocycles. The summed E-state index contributed by atoms with van der Waals surface area (Å²) in [5.41, 5.74) is 10.0. The summed E-state index contributed by atoms with van der Waals surface area (Å²) in [4.78, 5) is 2.29. The minimum Gasteiger partial charge on any atom is -0.384 e. The number of nitrogen functional groups attached to an aromatic ring is 1. The van der Waals surface area contributed by atoms with E-state index in [1.807, 2.05) is 24.3 Å². The number of nitrogens with zero attached hydrogens (tertiary/aromatic N) is 1. The molecule has 0 fully saturated rings. The van der Waals surface area contributed by atoms with Gasteiger partial charge in [0.2, 0.25) is 0 Å². The monoisotopic (exact) mass is 267 g/mol. The third kappa shape index (κ3) is 3.18. The maximum Gasteiger partial charge on any atom is 0.123 e. The minimum atomic E-state index is 0.126. The Morgan fingerprint density at radius 1 is 1.15 bits per heavy atom. The Balaban J connectivity index is 2.29. The fourth-order valence-electron chi connectivity index (χ4n) is 2.34. The average molecular weight is 267 g/mol. The standard InChI is InChI=1S/C17H21N3/c1-3-20(15-9-6-7-13(2)11-15)12-14-8-4-5-10-16(14)17(18)19/h4-11H,3,12H2,1-2H3,(H3,18,19). The highest BCUT2D eigenvalue weighted by atomic mass is 15.1. The lowest BCUT2D eigenvalue weighted by molar-refractivity contribution is 0.830. The number of hydrogen-bond acceptors (Lipinski definition) is 2. The molecule has 0 radical (unpaired) electrons. The van der Waals surface area contributed by atoms with E-state index in [9.17, 15) is 0 Å². The van der Waals surface area contributed by atoms with Crippen molar-refractivity contribution in [1.82, 2.24) is 0 Å². The van der Waals surface area contributed by atoms with E-state index in [0.29, 0.717) is 0 Å². The largest absolute Gasteiger partial charge is 0.384 e. The fourth-order valence-corrected chi connectivity index (χ4v) is 2.34. The molecule has 0 aliphatic heterocycles. The first kappa shape index (κ1) is 14.1. The molecule has 0 unspecified atom stereocenters. The number of nitrogens with two attached hydrogens (primary N) is 1. The van der Waals surface area contributed by atoms with E-state index < -0.39 is 0 Å². The molecule has 2 aromatic rings. The van der Waals surface area contributed by atoms with E-state index in [1.165, 1.54) is 11.3 Å². The molecule has 3 heteroatoms. The Bertz CT molecular complexity index is 605. The molecule has 0 aliphatic rings. The van der Waals surface area contributed by atoms with Gasteiger partial charge in [-0.1, -0.05) is 36.4 Å². The summed E-state index contributed by atoms with van der Waals surface area (Å²) in [5.74, 6) is 0.126. The van der Waals surface area contributed by atoms with Crippen LogP contribution < -0.4 is 10.6 Å². The zero-order valence-corrected chi connectivity index (χ0v) is 12.1. The quantitative estimate of drug-likeness (QED) is 0.645. The van der Waals surface area contributed by atoms with Gasteiger partial charge in [0.1, 0.15) is 5.84 Å². The van der Waals surface area contributed by atoms with Crippen molar-refractivity contribution in [3.05, 3.63) is 65.2 Å². The van der Waals surface area contributed by atoms with Crippen molar-refractivity contribution in [2.24, 2.45) is 5.73 Å². The van der Waals surface area contributed by atoms with Gasteiger partial charge in [-0.15, -0.1) is 0 Å². The first-order valence-electron chi connectivity index (χ1n) is 6.85. The van der Waals surface area contributed by atoms with E-state index in [0.717, 1.165) is 24.2 Å². The molecule has 0 saturated heterocycles. The Morgan fingerprint density at radius 3 is 2.55 bits per heavy atom. The Labute approximate surface area is 120 Å². The number of anilines is 1. The lowest BCUT2D eigenvalue weighted by Gasteiger charge is -2.24. The molecule has 0 aromatic heterocycles. The van der Waals surface area contributed by atoms with Crippen molar-refractivity contribution in [1.29, 1.82) is 5.41 Å². The lowest BCUT2D eigenvalue weighted by Crippen LogP contribution is -2.24. The van der Waals surface area contributed by atoms with Crippen LogP contribution in [0.4, 0.5) is 5.69 Å². The van der Waals surface area contributed by atoms with Crippen molar-refractivity contribution in [3.8, 4) is 0 Å². The zero-order chi connectivity index (χ0) is 14.5. The fraction of sp³-hybridized carbons (Fsp3) is 0.235. The highest BCUT2D eigenvalue weighted by Gasteiger charge is 2.10. The molecule has 0 amide bonds. The number of nitrogens with one attached hydrogen (secondary N) is 1. The Morgan fingerprint density at radius 2 is 1.90 bits per heavy atom. The minimum absolute atomic E-state index is 0.126. The summed E-state index contributed by atoms with van der Waals surface area (Å²) >= 11 is 0. The van der Waals surface area contributed by atoms with E-state index in [4.69, 9.17) is 11.1 Å². The average Bonchev–Trinajstić information content (AvgIpc) is 2.45. The Hall–Kier alpha value is -2.29. The molecular weight excluding hydrogens is 246 g/mol. The second kappa shape index (κ2) is 6.24. The second-order valence-corrected chi connectivity index (χ2v) is 4.92. The second-order valence-electron chi connectivity index (χ2n) is 4.92. The maximum absolute atomic E-state index is 7.68. The normalized spacial score (nSPS) is 10.3. The number of hydrogen-bond donors (Lipinski definition) is 2. The van der Waals surface area contributed by atoms with Crippen molar-refractivity contribution in [3.63, 3.8) is 0 Å². The summed E-state index contributed by atoms with van der Waals surface area (Å²) in [6, 6.07) is 16.3. The number of aryl methyl sites for hydroxylation is 1. The van der Waals surface area contributed by atoms with Crippen LogP contribution in [0.5, 0.6) is 0 Å². The van der Waals surface area contributed by atoms with Crippen molar-refractivity contribution >= 4 is 11.5 Å². The molecule has 2 rings (SSSR count). The molecule has 0 atom stereocenters. The molecule has 20 heavy (non-hydrogen) atoms. The van der Waals surface area contributed by atoms with Gasteiger partial charge in [0.05, 0.1) is 0 Å². The van der Waals surface area contributed by atoms with Gasteiger partial charge < -0.3 is 10.6 Å². The SMILES string of the molecule is CCN(Cc1ccccc1C(=N)N)c1cccc(C)c1. The summed E-state index contributed by atoms with van der Waals surface area (Å²) in [6.45, 7) is 5.91. The predicted molar refractivity (Wildman–Crippen MR) is 85.4 cm³/mol. The van der Waals surface area contributed by atoms with Crippen LogP contribution in [-0.2, 0) is 6.54 Å². The van der Waals surface area contributed by atoms with Crippen molar-refractivity contribution in [2.45, 2.75) is 20.4 Å². The van der Waals surface area contributed by atoms with Gasteiger partial charge in [0.15, 0.2) is 0 Å². The lowest BCUT2D eigenvalue weighted by atomic mass is 10.1. The van der Waals surface area contributed by atoms with E-state index in [1.54, 1.807) is 0 Å². The molecule has 104 valence electrons.